The van der Waals surface area contributed by atoms with Gasteiger partial charge in [0, 0.05) is 25.7 Å². The SMILES string of the molecule is CC(C)CCCCCCCCCCCCCCCCCCC(=O)OC[C@H](COP(=O)(O)OCC(O)COP(=O)(O)OC[C@@H](COC(=O)CCCCCCCCCC(C)C)OC(=O)CCCCCCCCCCCCCC(C)C)OC(=O)CCCCCCCCCCCCCCCC(C)C. The van der Waals surface area contributed by atoms with E-state index in [1.54, 1.807) is 0 Å². The molecule has 0 aromatic rings. The largest absolute Gasteiger partial charge is 0.472 e. The highest BCUT2D eigenvalue weighted by Gasteiger charge is 2.30. The molecule has 588 valence electrons. The van der Waals surface area contributed by atoms with Crippen LogP contribution in [-0.2, 0) is 65.4 Å². The normalized spacial score (nSPS) is 14.1. The summed E-state index contributed by atoms with van der Waals surface area (Å²) in [6.45, 7) is 14.2. The molecule has 99 heavy (non-hydrogen) atoms. The molecule has 0 aliphatic rings. The van der Waals surface area contributed by atoms with Crippen molar-refractivity contribution in [2.45, 2.75) is 427 Å². The van der Waals surface area contributed by atoms with Crippen LogP contribution < -0.4 is 0 Å². The predicted molar refractivity (Wildman–Crippen MR) is 404 cm³/mol. The van der Waals surface area contributed by atoms with Crippen molar-refractivity contribution < 1.29 is 80.2 Å². The Bertz CT molecular complexity index is 1940. The van der Waals surface area contributed by atoms with Gasteiger partial charge in [-0.05, 0) is 49.4 Å². The first-order valence-electron chi connectivity index (χ1n) is 41.2. The summed E-state index contributed by atoms with van der Waals surface area (Å²) in [6.07, 6.45) is 55.6. The van der Waals surface area contributed by atoms with Gasteiger partial charge in [-0.15, -0.1) is 0 Å². The van der Waals surface area contributed by atoms with E-state index in [2.05, 4.69) is 55.4 Å². The number of carbonyl (C=O) groups excluding carboxylic acids is 4. The second-order valence-corrected chi connectivity index (χ2v) is 33.6. The molecule has 5 atom stereocenters. The molecule has 19 heteroatoms. The van der Waals surface area contributed by atoms with Crippen molar-refractivity contribution in [3.05, 3.63) is 0 Å². The average molecular weight is 1450 g/mol. The third-order valence-electron chi connectivity index (χ3n) is 18.6. The lowest BCUT2D eigenvalue weighted by Gasteiger charge is -2.21. The maximum Gasteiger partial charge on any atom is 0.472 e. The molecule has 0 saturated carbocycles. The van der Waals surface area contributed by atoms with Crippen molar-refractivity contribution in [2.75, 3.05) is 39.6 Å². The Morgan fingerprint density at radius 2 is 0.424 bits per heavy atom. The highest BCUT2D eigenvalue weighted by Crippen LogP contribution is 2.45. The van der Waals surface area contributed by atoms with E-state index in [1.807, 2.05) is 0 Å². The number of unbranched alkanes of at least 4 members (excludes halogenated alkanes) is 43. The van der Waals surface area contributed by atoms with Crippen molar-refractivity contribution in [1.82, 2.24) is 0 Å². The third-order valence-corrected chi connectivity index (χ3v) is 20.5. The highest BCUT2D eigenvalue weighted by atomic mass is 31.2. The van der Waals surface area contributed by atoms with Crippen molar-refractivity contribution in [3.63, 3.8) is 0 Å². The van der Waals surface area contributed by atoms with E-state index in [0.29, 0.717) is 31.6 Å². The maximum absolute atomic E-state index is 13.1. The van der Waals surface area contributed by atoms with Crippen molar-refractivity contribution in [1.29, 1.82) is 0 Å². The average Bonchev–Trinajstić information content (AvgIpc) is 0.968. The summed E-state index contributed by atoms with van der Waals surface area (Å²) in [5.74, 6) is 0.954. The van der Waals surface area contributed by atoms with E-state index >= 15 is 0 Å². The summed E-state index contributed by atoms with van der Waals surface area (Å²) >= 11 is 0. The molecule has 0 aliphatic carbocycles. The molecule has 3 unspecified atom stereocenters. The summed E-state index contributed by atoms with van der Waals surface area (Å²) in [5.41, 5.74) is 0. The summed E-state index contributed by atoms with van der Waals surface area (Å²) in [6, 6.07) is 0. The minimum absolute atomic E-state index is 0.105. The molecule has 0 fully saturated rings. The van der Waals surface area contributed by atoms with E-state index in [9.17, 15) is 43.2 Å². The first-order valence-corrected chi connectivity index (χ1v) is 44.2. The number of carbonyl (C=O) groups is 4. The van der Waals surface area contributed by atoms with Gasteiger partial charge < -0.3 is 33.8 Å². The molecule has 0 aromatic carbocycles. The molecular formula is C80H156O17P2. The molecule has 0 heterocycles. The Hall–Kier alpha value is -1.94. The Kier molecular flexibility index (Phi) is 67.8. The molecule has 0 bridgehead atoms. The molecule has 0 aliphatic heterocycles. The van der Waals surface area contributed by atoms with Crippen LogP contribution in [-0.4, -0.2) is 96.7 Å². The number of phosphoric acid groups is 2. The number of hydrogen-bond acceptors (Lipinski definition) is 15. The maximum atomic E-state index is 13.1. The fraction of sp³-hybridized carbons (Fsp3) is 0.950. The minimum Gasteiger partial charge on any atom is -0.462 e. The topological polar surface area (TPSA) is 237 Å². The van der Waals surface area contributed by atoms with E-state index in [1.165, 1.54) is 205 Å². The standard InChI is InChI=1S/C80H156O17P2/c1-70(2)56-48-40-32-25-19-14-11-9-10-12-16-22-28-36-44-52-60-77(82)90-66-75(96-79(84)62-54-46-37-29-23-17-13-15-20-26-33-41-49-57-71(3)4)68-94-98(86,87)92-64-74(81)65-93-99(88,89)95-69-76(67-91-78(83)61-53-45-39-31-35-43-51-59-73(7)8)97-80(85)63-55-47-38-30-24-18-21-27-34-42-50-58-72(5)6/h70-76,81H,9-69H2,1-8H3,(H,86,87)(H,88,89)/t74?,75-,76-/m1/s1. The Balaban J connectivity index is 5.24. The number of aliphatic hydroxyl groups is 1. The molecule has 0 spiro atoms. The smallest absolute Gasteiger partial charge is 0.462 e. The number of rotatable bonds is 77. The molecule has 0 aromatic heterocycles. The lowest BCUT2D eigenvalue weighted by molar-refractivity contribution is -0.161. The van der Waals surface area contributed by atoms with Gasteiger partial charge >= 0.3 is 39.5 Å². The Labute approximate surface area is 607 Å². The van der Waals surface area contributed by atoms with Gasteiger partial charge in [0.05, 0.1) is 26.4 Å². The summed E-state index contributed by atoms with van der Waals surface area (Å²) in [7, 11) is -9.92. The van der Waals surface area contributed by atoms with Crippen LogP contribution in [0.3, 0.4) is 0 Å². The molecule has 0 rings (SSSR count). The summed E-state index contributed by atoms with van der Waals surface area (Å²) in [4.78, 5) is 73.0. The summed E-state index contributed by atoms with van der Waals surface area (Å²) < 4.78 is 68.7. The van der Waals surface area contributed by atoms with Crippen LogP contribution >= 0.6 is 15.6 Å². The molecule has 3 N–H and O–H groups in total. The van der Waals surface area contributed by atoms with Gasteiger partial charge in [0.25, 0.3) is 0 Å². The second kappa shape index (κ2) is 69.1. The number of ether oxygens (including phenoxy) is 4. The zero-order valence-electron chi connectivity index (χ0n) is 65.1. The van der Waals surface area contributed by atoms with Gasteiger partial charge in [-0.3, -0.25) is 37.3 Å². The first-order chi connectivity index (χ1) is 47.6. The Morgan fingerprint density at radius 3 is 0.626 bits per heavy atom. The Morgan fingerprint density at radius 1 is 0.253 bits per heavy atom. The van der Waals surface area contributed by atoms with Gasteiger partial charge in [-0.25, -0.2) is 9.13 Å². The van der Waals surface area contributed by atoms with Crippen LogP contribution in [0.2, 0.25) is 0 Å². The van der Waals surface area contributed by atoms with Crippen LogP contribution in [0, 0.1) is 23.7 Å². The van der Waals surface area contributed by atoms with Gasteiger partial charge in [-0.2, -0.15) is 0 Å². The molecule has 17 nitrogen and oxygen atoms in total. The monoisotopic (exact) mass is 1450 g/mol. The molecule has 0 radical (unpaired) electrons. The lowest BCUT2D eigenvalue weighted by Crippen LogP contribution is -2.30. The zero-order valence-corrected chi connectivity index (χ0v) is 66.9. The van der Waals surface area contributed by atoms with E-state index < -0.39 is 97.5 Å². The quantitative estimate of drug-likeness (QED) is 0.0222. The molecule has 0 amide bonds. The third kappa shape index (κ3) is 74.1. The zero-order chi connectivity index (χ0) is 73.1. The van der Waals surface area contributed by atoms with Crippen molar-refractivity contribution in [3.8, 4) is 0 Å². The first kappa shape index (κ1) is 97.1. The fourth-order valence-electron chi connectivity index (χ4n) is 12.3. The number of esters is 4. The second-order valence-electron chi connectivity index (χ2n) is 30.7. The van der Waals surface area contributed by atoms with Crippen molar-refractivity contribution in [2.24, 2.45) is 23.7 Å². The predicted octanol–water partition coefficient (Wildman–Crippen LogP) is 23.6. The fourth-order valence-corrected chi connectivity index (χ4v) is 13.8. The van der Waals surface area contributed by atoms with Gasteiger partial charge in [0.15, 0.2) is 12.2 Å². The number of hydrogen-bond donors (Lipinski definition) is 3. The molecular weight excluding hydrogens is 1290 g/mol. The van der Waals surface area contributed by atoms with E-state index in [4.69, 9.17) is 37.0 Å². The van der Waals surface area contributed by atoms with Gasteiger partial charge in [0.2, 0.25) is 0 Å². The minimum atomic E-state index is -4.96. The summed E-state index contributed by atoms with van der Waals surface area (Å²) in [5, 5.41) is 10.6. The number of phosphoric ester groups is 2. The number of aliphatic hydroxyl groups excluding tert-OH is 1. The van der Waals surface area contributed by atoms with Gasteiger partial charge in [0.1, 0.15) is 19.3 Å². The van der Waals surface area contributed by atoms with Gasteiger partial charge in [-0.1, -0.05) is 357 Å². The van der Waals surface area contributed by atoms with Crippen LogP contribution in [0.5, 0.6) is 0 Å². The van der Waals surface area contributed by atoms with E-state index in [0.717, 1.165) is 114 Å². The van der Waals surface area contributed by atoms with E-state index in [-0.39, 0.29) is 25.7 Å². The lowest BCUT2D eigenvalue weighted by atomic mass is 10.0. The van der Waals surface area contributed by atoms with Crippen molar-refractivity contribution >= 4 is 39.5 Å². The highest BCUT2D eigenvalue weighted by molar-refractivity contribution is 7.47. The molecule has 0 saturated heterocycles. The van der Waals surface area contributed by atoms with Crippen LogP contribution in [0.15, 0.2) is 0 Å². The van der Waals surface area contributed by atoms with Crippen LogP contribution in [0.4, 0.5) is 0 Å². The van der Waals surface area contributed by atoms with Crippen LogP contribution in [0.25, 0.3) is 0 Å². The van der Waals surface area contributed by atoms with Crippen LogP contribution in [0.1, 0.15) is 409 Å².